The van der Waals surface area contributed by atoms with Crippen LogP contribution in [0.25, 0.3) is 5.95 Å². The number of hydrogen-bond acceptors (Lipinski definition) is 10. The molecule has 2 aromatic carbocycles. The van der Waals surface area contributed by atoms with Crippen LogP contribution in [-0.2, 0) is 9.53 Å². The Morgan fingerprint density at radius 1 is 1.22 bits per heavy atom. The topological polar surface area (TPSA) is 203 Å². The molecule has 0 spiro atoms. The van der Waals surface area contributed by atoms with E-state index in [1.165, 1.54) is 12.4 Å². The maximum atomic E-state index is 12.8. The van der Waals surface area contributed by atoms with Crippen molar-refractivity contribution in [1.82, 2.24) is 24.7 Å². The second-order valence-electron chi connectivity index (χ2n) is 8.91. The molecule has 2 atom stereocenters. The predicted molar refractivity (Wildman–Crippen MR) is 149 cm³/mol. The molecule has 0 bridgehead atoms. The van der Waals surface area contributed by atoms with Crippen molar-refractivity contribution in [2.45, 2.75) is 25.5 Å². The summed E-state index contributed by atoms with van der Waals surface area (Å²) in [6.07, 6.45) is 3.81. The predicted octanol–water partition coefficient (Wildman–Crippen LogP) is 2.10. The normalized spacial score (nSPS) is 14.8. The number of rotatable bonds is 9. The number of carboxylic acids is 1. The number of aromatic nitrogens is 5. The van der Waals surface area contributed by atoms with Crippen LogP contribution in [0.15, 0.2) is 65.7 Å². The van der Waals surface area contributed by atoms with Crippen LogP contribution < -0.4 is 26.2 Å². The average Bonchev–Trinajstić information content (AvgIpc) is 3.61. The van der Waals surface area contributed by atoms with E-state index < -0.39 is 17.7 Å². The van der Waals surface area contributed by atoms with Crippen LogP contribution in [0.4, 0.5) is 5.69 Å². The van der Waals surface area contributed by atoms with Gasteiger partial charge in [-0.05, 0) is 48.0 Å². The summed E-state index contributed by atoms with van der Waals surface area (Å²) in [6.45, 7) is 2.26. The van der Waals surface area contributed by atoms with Crippen molar-refractivity contribution >= 4 is 17.5 Å². The summed E-state index contributed by atoms with van der Waals surface area (Å²) in [6, 6.07) is 13.6. The van der Waals surface area contributed by atoms with E-state index in [4.69, 9.17) is 35.3 Å². The zero-order valence-electron chi connectivity index (χ0n) is 22.4. The lowest BCUT2D eigenvalue weighted by Crippen LogP contribution is -2.18. The van der Waals surface area contributed by atoms with Gasteiger partial charge in [0, 0.05) is 43.1 Å². The van der Waals surface area contributed by atoms with Crippen LogP contribution in [0.2, 0.25) is 0 Å². The van der Waals surface area contributed by atoms with Crippen molar-refractivity contribution in [2.24, 2.45) is 5.73 Å². The highest BCUT2D eigenvalue weighted by Gasteiger charge is 2.24. The van der Waals surface area contributed by atoms with Gasteiger partial charge in [0.05, 0.1) is 20.3 Å². The van der Waals surface area contributed by atoms with Gasteiger partial charge in [-0.3, -0.25) is 15.2 Å². The number of nitrogens with zero attached hydrogens (tertiary/aromatic N) is 4. The van der Waals surface area contributed by atoms with Gasteiger partial charge in [0.15, 0.2) is 5.82 Å². The Balaban J connectivity index is 0.000000909. The first-order chi connectivity index (χ1) is 19.7. The van der Waals surface area contributed by atoms with E-state index in [-0.39, 0.29) is 17.9 Å². The number of aromatic amines is 1. The third-order valence-corrected chi connectivity index (χ3v) is 5.82. The largest absolute Gasteiger partial charge is 0.497 e. The van der Waals surface area contributed by atoms with E-state index in [1.807, 2.05) is 12.1 Å². The fourth-order valence-corrected chi connectivity index (χ4v) is 3.97. The molecular formula is C27H30N8O6. The Hall–Kier alpha value is -5.24. The van der Waals surface area contributed by atoms with Crippen molar-refractivity contribution in [3.8, 4) is 17.4 Å². The quantitative estimate of drug-likeness (QED) is 0.148. The Kier molecular flexibility index (Phi) is 9.27. The summed E-state index contributed by atoms with van der Waals surface area (Å²) in [5.41, 5.74) is 7.16. The van der Waals surface area contributed by atoms with Gasteiger partial charge in [-0.2, -0.15) is 0 Å². The summed E-state index contributed by atoms with van der Waals surface area (Å²) in [5, 5.41) is 23.0. The minimum Gasteiger partial charge on any atom is -0.497 e. The second-order valence-corrected chi connectivity index (χ2v) is 8.91. The zero-order chi connectivity index (χ0) is 29.4. The highest BCUT2D eigenvalue weighted by Crippen LogP contribution is 2.32. The van der Waals surface area contributed by atoms with Gasteiger partial charge in [-0.25, -0.2) is 14.8 Å². The van der Waals surface area contributed by atoms with Crippen molar-refractivity contribution in [1.29, 1.82) is 5.41 Å². The Bertz CT molecular complexity index is 1530. The number of nitrogens with one attached hydrogen (secondary N) is 3. The minimum atomic E-state index is -0.833. The molecule has 1 aliphatic rings. The van der Waals surface area contributed by atoms with Crippen LogP contribution in [0, 0.1) is 5.41 Å². The molecule has 2 aromatic heterocycles. The van der Waals surface area contributed by atoms with E-state index in [0.29, 0.717) is 36.1 Å². The van der Waals surface area contributed by atoms with Gasteiger partial charge in [0.1, 0.15) is 29.5 Å². The third kappa shape index (κ3) is 7.67. The number of anilines is 1. The van der Waals surface area contributed by atoms with E-state index >= 15 is 0 Å². The lowest BCUT2D eigenvalue weighted by Gasteiger charge is -2.21. The lowest BCUT2D eigenvalue weighted by molar-refractivity contribution is -0.134. The summed E-state index contributed by atoms with van der Waals surface area (Å²) >= 11 is 0. The van der Waals surface area contributed by atoms with Gasteiger partial charge in [0.2, 0.25) is 0 Å². The molecule has 0 radical (unpaired) electrons. The van der Waals surface area contributed by atoms with E-state index in [2.05, 4.69) is 25.4 Å². The molecule has 14 nitrogen and oxygen atoms in total. The summed E-state index contributed by atoms with van der Waals surface area (Å²) in [4.78, 5) is 32.9. The molecule has 3 heterocycles. The van der Waals surface area contributed by atoms with Gasteiger partial charge in [-0.1, -0.05) is 0 Å². The standard InChI is InChI=1S/C25H26N8O4.C2H4O2/c1-35-19-11-16(12-20(13-19)37-18-7-10-36-14-18)21(30-17-5-3-15(4-6-17)22(26)27)23-31-25(34)33(32-23)24-28-8-2-9-29-24;1-2(3)4/h2-6,8-9,11-13,18,21,30H,7,10,14H2,1H3,(H3,26,27)(H,31,32,34);1H3,(H,3,4)/t18-,21?;/m1./s1. The van der Waals surface area contributed by atoms with Crippen LogP contribution in [0.1, 0.15) is 36.3 Å². The Morgan fingerprint density at radius 3 is 2.51 bits per heavy atom. The van der Waals surface area contributed by atoms with Crippen LogP contribution in [0.3, 0.4) is 0 Å². The van der Waals surface area contributed by atoms with Gasteiger partial charge >= 0.3 is 5.69 Å². The van der Waals surface area contributed by atoms with Crippen LogP contribution in [0.5, 0.6) is 11.5 Å². The summed E-state index contributed by atoms with van der Waals surface area (Å²) < 4.78 is 18.2. The number of nitrogen functional groups attached to an aromatic ring is 1. The molecule has 1 saturated heterocycles. The Morgan fingerprint density at radius 2 is 1.90 bits per heavy atom. The van der Waals surface area contributed by atoms with Crippen LogP contribution >= 0.6 is 0 Å². The molecule has 41 heavy (non-hydrogen) atoms. The first-order valence-electron chi connectivity index (χ1n) is 12.5. The molecule has 4 aromatic rings. The van der Waals surface area contributed by atoms with Gasteiger partial charge in [-0.15, -0.1) is 9.78 Å². The number of H-pyrrole nitrogens is 1. The average molecular weight is 563 g/mol. The first kappa shape index (κ1) is 28.8. The SMILES string of the molecule is CC(=O)O.COc1cc(O[C@@H]2CCOC2)cc(C(Nc2ccc(C(=N)N)cc2)c2nn(-c3ncccn3)c(=O)[nH]2)c1. The molecule has 6 N–H and O–H groups in total. The fourth-order valence-electron chi connectivity index (χ4n) is 3.97. The molecular weight excluding hydrogens is 532 g/mol. The minimum absolute atomic E-state index is 0.0282. The number of methoxy groups -OCH3 is 1. The zero-order valence-corrected chi connectivity index (χ0v) is 22.4. The molecule has 14 heteroatoms. The number of carbonyl (C=O) groups is 1. The fraction of sp³-hybridized carbons (Fsp3) is 0.259. The number of aliphatic carboxylic acids is 1. The van der Waals surface area contributed by atoms with Crippen molar-refractivity contribution in [2.75, 3.05) is 25.6 Å². The van der Waals surface area contributed by atoms with E-state index in [1.54, 1.807) is 43.5 Å². The van der Waals surface area contributed by atoms with Crippen molar-refractivity contribution < 1.29 is 24.1 Å². The van der Waals surface area contributed by atoms with E-state index in [9.17, 15) is 4.79 Å². The molecule has 0 amide bonds. The number of benzene rings is 2. The molecule has 1 fully saturated rings. The van der Waals surface area contributed by atoms with Crippen molar-refractivity contribution in [3.05, 3.63) is 88.4 Å². The number of carboxylic acid groups (broad SMARTS) is 1. The smallest absolute Gasteiger partial charge is 0.350 e. The summed E-state index contributed by atoms with van der Waals surface area (Å²) in [7, 11) is 1.58. The van der Waals surface area contributed by atoms with Crippen LogP contribution in [-0.4, -0.2) is 68.1 Å². The number of ether oxygens (including phenoxy) is 3. The molecule has 5 rings (SSSR count). The van der Waals surface area contributed by atoms with Crippen molar-refractivity contribution in [3.63, 3.8) is 0 Å². The molecule has 0 aliphatic carbocycles. The monoisotopic (exact) mass is 562 g/mol. The molecule has 214 valence electrons. The number of amidine groups is 1. The molecule has 1 aliphatic heterocycles. The third-order valence-electron chi connectivity index (χ3n) is 5.82. The maximum Gasteiger partial charge on any atom is 0.350 e. The lowest BCUT2D eigenvalue weighted by atomic mass is 10.0. The first-order valence-corrected chi connectivity index (χ1v) is 12.5. The molecule has 0 saturated carbocycles. The van der Waals surface area contributed by atoms with E-state index in [0.717, 1.165) is 29.3 Å². The Labute approximate surface area is 234 Å². The number of hydrogen-bond donors (Lipinski definition) is 5. The van der Waals surface area contributed by atoms with Gasteiger partial charge in [0.25, 0.3) is 11.9 Å². The second kappa shape index (κ2) is 13.2. The molecule has 1 unspecified atom stereocenters. The maximum absolute atomic E-state index is 12.8. The highest BCUT2D eigenvalue weighted by atomic mass is 16.5. The highest BCUT2D eigenvalue weighted by molar-refractivity contribution is 5.95. The number of nitrogens with two attached hydrogens (primary N) is 1. The summed E-state index contributed by atoms with van der Waals surface area (Å²) in [5.74, 6) is 0.807. The van der Waals surface area contributed by atoms with Gasteiger partial charge < -0.3 is 30.4 Å².